The van der Waals surface area contributed by atoms with Gasteiger partial charge in [-0.05, 0) is 81.6 Å². The number of amides is 1. The van der Waals surface area contributed by atoms with E-state index in [-0.39, 0.29) is 6.61 Å². The second-order valence-electron chi connectivity index (χ2n) is 7.24. The van der Waals surface area contributed by atoms with E-state index >= 15 is 0 Å². The van der Waals surface area contributed by atoms with E-state index in [4.69, 9.17) is 4.74 Å². The van der Waals surface area contributed by atoms with Crippen molar-refractivity contribution in [3.63, 3.8) is 0 Å². The first-order valence-corrected chi connectivity index (χ1v) is 11.5. The smallest absolute Gasteiger partial charge is 0.338 e. The molecular weight excluding hydrogens is 404 g/mol. The molecule has 0 aromatic heterocycles. The van der Waals surface area contributed by atoms with Crippen LogP contribution in [0.3, 0.4) is 0 Å². The van der Waals surface area contributed by atoms with Gasteiger partial charge in [-0.15, -0.1) is 0 Å². The van der Waals surface area contributed by atoms with Gasteiger partial charge in [0, 0.05) is 5.69 Å². The number of ether oxygens (including phenoxy) is 1. The fourth-order valence-corrected chi connectivity index (χ4v) is 4.22. The highest BCUT2D eigenvalue weighted by molar-refractivity contribution is 7.92. The molecule has 30 heavy (non-hydrogen) atoms. The minimum Gasteiger partial charge on any atom is -0.462 e. The molecule has 1 atom stereocenters. The Morgan fingerprint density at radius 2 is 1.70 bits per heavy atom. The summed E-state index contributed by atoms with van der Waals surface area (Å²) in [6.07, 6.45) is 1.07. The van der Waals surface area contributed by atoms with E-state index in [2.05, 4.69) is 5.32 Å². The zero-order chi connectivity index (χ0) is 22.6. The summed E-state index contributed by atoms with van der Waals surface area (Å²) >= 11 is 0. The molecule has 2 rings (SSSR count). The quantitative estimate of drug-likeness (QED) is 0.675. The molecule has 0 unspecified atom stereocenters. The van der Waals surface area contributed by atoms with Crippen LogP contribution in [0.25, 0.3) is 0 Å². The Morgan fingerprint density at radius 3 is 2.23 bits per heavy atom. The maximum absolute atomic E-state index is 12.9. The van der Waals surface area contributed by atoms with Gasteiger partial charge in [-0.3, -0.25) is 9.10 Å². The van der Waals surface area contributed by atoms with Crippen molar-refractivity contribution in [3.8, 4) is 0 Å². The molecule has 0 radical (unpaired) electrons. The van der Waals surface area contributed by atoms with Crippen LogP contribution in [0.4, 0.5) is 11.4 Å². The third kappa shape index (κ3) is 5.38. The first-order valence-electron chi connectivity index (χ1n) is 9.61. The Hall–Kier alpha value is -2.87. The maximum Gasteiger partial charge on any atom is 0.338 e. The van der Waals surface area contributed by atoms with Gasteiger partial charge in [0.05, 0.1) is 24.1 Å². The lowest BCUT2D eigenvalue weighted by atomic mass is 10.1. The monoisotopic (exact) mass is 432 g/mol. The summed E-state index contributed by atoms with van der Waals surface area (Å²) < 4.78 is 31.0. The number of anilines is 2. The summed E-state index contributed by atoms with van der Waals surface area (Å²) in [7, 11) is -3.71. The fourth-order valence-electron chi connectivity index (χ4n) is 3.05. The highest BCUT2D eigenvalue weighted by Gasteiger charge is 2.29. The number of nitrogens with one attached hydrogen (secondary N) is 1. The van der Waals surface area contributed by atoms with Crippen LogP contribution in [0.2, 0.25) is 0 Å². The average molecular weight is 433 g/mol. The number of sulfonamides is 1. The maximum atomic E-state index is 12.9. The van der Waals surface area contributed by atoms with E-state index in [0.717, 1.165) is 21.7 Å². The SMILES string of the molecule is CCOC(=O)c1ccc(NC(=O)[C@H](C)N(c2ccc(C)c(C)c2)S(C)(=O)=O)c(C)c1. The number of carbonyl (C=O) groups excluding carboxylic acids is 2. The van der Waals surface area contributed by atoms with Gasteiger partial charge in [-0.25, -0.2) is 13.2 Å². The van der Waals surface area contributed by atoms with Crippen LogP contribution in [-0.2, 0) is 19.6 Å². The molecule has 0 saturated heterocycles. The number of hydrogen-bond acceptors (Lipinski definition) is 5. The summed E-state index contributed by atoms with van der Waals surface area (Å²) in [5.74, 6) is -0.921. The molecule has 0 fully saturated rings. The van der Waals surface area contributed by atoms with Gasteiger partial charge in [0.15, 0.2) is 0 Å². The zero-order valence-electron chi connectivity index (χ0n) is 18.1. The lowest BCUT2D eigenvalue weighted by Crippen LogP contribution is -2.45. The molecule has 0 aliphatic carbocycles. The van der Waals surface area contributed by atoms with Gasteiger partial charge in [0.2, 0.25) is 15.9 Å². The van der Waals surface area contributed by atoms with E-state index < -0.39 is 27.9 Å². The number of rotatable bonds is 7. The Labute approximate surface area is 178 Å². The molecular formula is C22H28N2O5S. The largest absolute Gasteiger partial charge is 0.462 e. The summed E-state index contributed by atoms with van der Waals surface area (Å²) in [6.45, 7) is 9.10. The van der Waals surface area contributed by atoms with Crippen molar-refractivity contribution < 1.29 is 22.7 Å². The van der Waals surface area contributed by atoms with E-state index in [1.165, 1.54) is 6.92 Å². The van der Waals surface area contributed by atoms with Crippen LogP contribution in [0, 0.1) is 20.8 Å². The standard InChI is InChI=1S/C22H28N2O5S/c1-7-29-22(26)18-9-11-20(16(4)12-18)23-21(25)17(5)24(30(6,27)28)19-10-8-14(2)15(3)13-19/h8-13,17H,7H2,1-6H3,(H,23,25)/t17-/m0/s1. The van der Waals surface area contributed by atoms with Crippen molar-refractivity contribution in [1.82, 2.24) is 0 Å². The van der Waals surface area contributed by atoms with Crippen LogP contribution in [0.5, 0.6) is 0 Å². The van der Waals surface area contributed by atoms with Gasteiger partial charge in [0.1, 0.15) is 6.04 Å². The molecule has 8 heteroatoms. The predicted molar refractivity (Wildman–Crippen MR) is 118 cm³/mol. The normalized spacial score (nSPS) is 12.2. The van der Waals surface area contributed by atoms with E-state index in [0.29, 0.717) is 22.5 Å². The Balaban J connectivity index is 2.30. The lowest BCUT2D eigenvalue weighted by molar-refractivity contribution is -0.116. The van der Waals surface area contributed by atoms with E-state index in [1.54, 1.807) is 44.2 Å². The fraction of sp³-hybridized carbons (Fsp3) is 0.364. The van der Waals surface area contributed by atoms with Gasteiger partial charge >= 0.3 is 5.97 Å². The molecule has 0 aliphatic heterocycles. The van der Waals surface area contributed by atoms with Crippen molar-refractivity contribution >= 4 is 33.3 Å². The molecule has 7 nitrogen and oxygen atoms in total. The van der Waals surface area contributed by atoms with Gasteiger partial charge < -0.3 is 10.1 Å². The molecule has 2 aromatic rings. The van der Waals surface area contributed by atoms with Crippen molar-refractivity contribution in [2.24, 2.45) is 0 Å². The summed E-state index contributed by atoms with van der Waals surface area (Å²) in [4.78, 5) is 24.8. The third-order valence-electron chi connectivity index (χ3n) is 4.83. The topological polar surface area (TPSA) is 92.8 Å². The number of nitrogens with zero attached hydrogens (tertiary/aromatic N) is 1. The number of hydrogen-bond donors (Lipinski definition) is 1. The molecule has 0 aliphatic rings. The number of esters is 1. The molecule has 162 valence electrons. The lowest BCUT2D eigenvalue weighted by Gasteiger charge is -2.29. The molecule has 1 amide bonds. The predicted octanol–water partition coefficient (Wildman–Crippen LogP) is 3.58. The average Bonchev–Trinajstić information content (AvgIpc) is 2.65. The second kappa shape index (κ2) is 9.30. The molecule has 0 saturated carbocycles. The van der Waals surface area contributed by atoms with Crippen molar-refractivity contribution in [2.75, 3.05) is 22.5 Å². The molecule has 2 aromatic carbocycles. The summed E-state index contributed by atoms with van der Waals surface area (Å²) in [5.41, 5.74) is 3.93. The van der Waals surface area contributed by atoms with Crippen LogP contribution in [-0.4, -0.2) is 39.2 Å². The van der Waals surface area contributed by atoms with Crippen molar-refractivity contribution in [3.05, 3.63) is 58.7 Å². The van der Waals surface area contributed by atoms with Gasteiger partial charge in [-0.1, -0.05) is 6.07 Å². The van der Waals surface area contributed by atoms with E-state index in [1.807, 2.05) is 19.9 Å². The first-order chi connectivity index (χ1) is 14.0. The minimum absolute atomic E-state index is 0.272. The number of benzene rings is 2. The van der Waals surface area contributed by atoms with Crippen LogP contribution < -0.4 is 9.62 Å². The van der Waals surface area contributed by atoms with Crippen LogP contribution in [0.15, 0.2) is 36.4 Å². The third-order valence-corrected chi connectivity index (χ3v) is 6.07. The molecule has 0 heterocycles. The molecule has 0 spiro atoms. The summed E-state index contributed by atoms with van der Waals surface area (Å²) in [5, 5.41) is 2.76. The first kappa shape index (κ1) is 23.4. The van der Waals surface area contributed by atoms with Gasteiger partial charge in [-0.2, -0.15) is 0 Å². The number of carbonyl (C=O) groups is 2. The number of aryl methyl sites for hydroxylation is 3. The van der Waals surface area contributed by atoms with Gasteiger partial charge in [0.25, 0.3) is 0 Å². The second-order valence-corrected chi connectivity index (χ2v) is 9.10. The highest BCUT2D eigenvalue weighted by Crippen LogP contribution is 2.25. The molecule has 1 N–H and O–H groups in total. The van der Waals surface area contributed by atoms with E-state index in [9.17, 15) is 18.0 Å². The minimum atomic E-state index is -3.71. The Kier molecular flexibility index (Phi) is 7.25. The highest BCUT2D eigenvalue weighted by atomic mass is 32.2. The zero-order valence-corrected chi connectivity index (χ0v) is 19.0. The Bertz CT molecular complexity index is 1060. The summed E-state index contributed by atoms with van der Waals surface area (Å²) in [6, 6.07) is 9.07. The van der Waals surface area contributed by atoms with Crippen molar-refractivity contribution in [2.45, 2.75) is 40.7 Å². The Morgan fingerprint density at radius 1 is 1.03 bits per heavy atom. The van der Waals surface area contributed by atoms with Crippen LogP contribution in [0.1, 0.15) is 40.9 Å². The van der Waals surface area contributed by atoms with Crippen LogP contribution >= 0.6 is 0 Å². The molecule has 0 bridgehead atoms. The van der Waals surface area contributed by atoms with Crippen molar-refractivity contribution in [1.29, 1.82) is 0 Å².